The average molecular weight is 106 g/mol. The molecule has 0 fully saturated rings. The van der Waals surface area contributed by atoms with E-state index in [4.69, 9.17) is 15.8 Å². The third-order valence-corrected chi connectivity index (χ3v) is 0.387. The van der Waals surface area contributed by atoms with Gasteiger partial charge in [-0.1, -0.05) is 0 Å². The number of hydrogen-bond acceptors (Lipinski definition) is 4. The zero-order valence-corrected chi connectivity index (χ0v) is 4.13. The smallest absolute Gasteiger partial charge is 0.344 e. The van der Waals surface area contributed by atoms with E-state index in [2.05, 4.69) is 0 Å². The molecule has 0 aliphatic rings. The molecule has 0 rings (SSSR count). The molecule has 0 aliphatic heterocycles. The first-order chi connectivity index (χ1) is 3.35. The summed E-state index contributed by atoms with van der Waals surface area (Å²) >= 11 is 0. The number of rotatable bonds is 0. The molecule has 0 aromatic heterocycles. The summed E-state index contributed by atoms with van der Waals surface area (Å²) in [6.07, 6.45) is 0. The first-order valence-corrected chi connectivity index (χ1v) is 1.54. The molecule has 4 nitrogen and oxygen atoms in total. The third kappa shape index (κ3) is 2.72. The van der Waals surface area contributed by atoms with Gasteiger partial charge >= 0.3 is 6.71 Å². The lowest BCUT2D eigenvalue weighted by atomic mass is 9.55. The van der Waals surface area contributed by atoms with Crippen LogP contribution in [0.5, 0.6) is 0 Å². The second kappa shape index (κ2) is 5.49. The molecule has 3 N–H and O–H groups in total. The van der Waals surface area contributed by atoms with E-state index < -0.39 is 6.71 Å². The Hall–Kier alpha value is -1.51. The molecule has 0 aromatic carbocycles. The van der Waals surface area contributed by atoms with Gasteiger partial charge in [0, 0.05) is 17.9 Å². The second-order valence-corrected chi connectivity index (χ2v) is 0.820. The van der Waals surface area contributed by atoms with Crippen LogP contribution in [-0.4, -0.2) is 6.71 Å². The largest absolute Gasteiger partial charge is 0.495 e. The summed E-state index contributed by atoms with van der Waals surface area (Å²) in [6.45, 7) is -1.10. The van der Waals surface area contributed by atoms with Gasteiger partial charge in [-0.2, -0.15) is 0 Å². The average Bonchev–Trinajstić information content (AvgIpc) is 1.72. The summed E-state index contributed by atoms with van der Waals surface area (Å²) in [7, 11) is 0. The summed E-state index contributed by atoms with van der Waals surface area (Å²) in [4.78, 5) is 0. The number of nitrogens with zero attached hydrogens (tertiary/aromatic N) is 3. The van der Waals surface area contributed by atoms with Crippen LogP contribution in [0.3, 0.4) is 0 Å². The van der Waals surface area contributed by atoms with E-state index >= 15 is 0 Å². The fraction of sp³-hybridized carbons (Fsp3) is 0. The number of hydrogen-bond donors (Lipinski definition) is 1. The van der Waals surface area contributed by atoms with Gasteiger partial charge < -0.3 is 6.15 Å². The minimum absolute atomic E-state index is 0. The summed E-state index contributed by atoms with van der Waals surface area (Å²) in [6, 6.07) is 0. The maximum atomic E-state index is 7.83. The van der Waals surface area contributed by atoms with Crippen molar-refractivity contribution < 1.29 is 0 Å². The van der Waals surface area contributed by atoms with E-state index in [-0.39, 0.29) is 6.15 Å². The molecule has 0 amide bonds. The van der Waals surface area contributed by atoms with Gasteiger partial charge in [-0.25, -0.2) is 15.8 Å². The third-order valence-electron chi connectivity index (χ3n) is 0.387. The van der Waals surface area contributed by atoms with E-state index in [1.165, 1.54) is 17.9 Å². The van der Waals surface area contributed by atoms with Crippen molar-refractivity contribution in [3.8, 4) is 17.9 Å². The van der Waals surface area contributed by atoms with Gasteiger partial charge in [0.25, 0.3) is 0 Å². The van der Waals surface area contributed by atoms with Crippen LogP contribution in [0, 0.1) is 33.7 Å². The summed E-state index contributed by atoms with van der Waals surface area (Å²) in [5.74, 6) is 4.44. The highest BCUT2D eigenvalue weighted by molar-refractivity contribution is 6.81. The van der Waals surface area contributed by atoms with Crippen molar-refractivity contribution in [1.82, 2.24) is 6.15 Å². The molecule has 0 saturated heterocycles. The van der Waals surface area contributed by atoms with Gasteiger partial charge in [0.05, 0.1) is 0 Å². The Bertz CT molecular complexity index is 134. The predicted octanol–water partition coefficient (Wildman–Crippen LogP) is -0.168. The maximum absolute atomic E-state index is 7.83. The lowest BCUT2D eigenvalue weighted by Gasteiger charge is -1.61. The standard InChI is InChI=1S/C3BN3.H3N/c5-1-4(2-6)3-7;/h;1H3. The molecule has 0 heterocycles. The zero-order valence-electron chi connectivity index (χ0n) is 4.13. The fourth-order valence-corrected chi connectivity index (χ4v) is 0.0866. The highest BCUT2D eigenvalue weighted by Crippen LogP contribution is 1.67. The van der Waals surface area contributed by atoms with E-state index in [0.29, 0.717) is 0 Å². The molecule has 38 valence electrons. The van der Waals surface area contributed by atoms with Gasteiger partial charge in [-0.15, -0.1) is 0 Å². The predicted molar refractivity (Wildman–Crippen MR) is 27.6 cm³/mol. The van der Waals surface area contributed by atoms with Gasteiger partial charge in [-0.05, 0) is 0 Å². The lowest BCUT2D eigenvalue weighted by molar-refractivity contribution is 1.52. The molecule has 0 spiro atoms. The second-order valence-electron chi connectivity index (χ2n) is 0.820. The molecular weight excluding hydrogens is 103 g/mol. The molecule has 0 atom stereocenters. The molecular formula is C3H3BN4. The fourth-order valence-electron chi connectivity index (χ4n) is 0.0866. The topological polar surface area (TPSA) is 106 Å². The SMILES string of the molecule is N.N#CB(C#N)C#N. The minimum Gasteiger partial charge on any atom is -0.344 e. The van der Waals surface area contributed by atoms with Gasteiger partial charge in [-0.3, -0.25) is 0 Å². The highest BCUT2D eigenvalue weighted by atomic mass is 14.3. The maximum Gasteiger partial charge on any atom is 0.495 e. The van der Waals surface area contributed by atoms with Crippen LogP contribution >= 0.6 is 0 Å². The molecule has 0 bridgehead atoms. The van der Waals surface area contributed by atoms with Crippen LogP contribution in [0.15, 0.2) is 0 Å². The molecule has 0 unspecified atom stereocenters. The zero-order chi connectivity index (χ0) is 5.70. The summed E-state index contributed by atoms with van der Waals surface area (Å²) in [5, 5.41) is 23.5. The molecule has 0 aromatic rings. The quantitative estimate of drug-likeness (QED) is 0.432. The molecule has 8 heavy (non-hydrogen) atoms. The Balaban J connectivity index is 0. The Morgan fingerprint density at radius 1 is 0.875 bits per heavy atom. The lowest BCUT2D eigenvalue weighted by Crippen LogP contribution is -2.01. The molecule has 0 radical (unpaired) electrons. The first kappa shape index (κ1) is 9.71. The Morgan fingerprint density at radius 3 is 1.12 bits per heavy atom. The van der Waals surface area contributed by atoms with E-state index in [0.717, 1.165) is 0 Å². The van der Waals surface area contributed by atoms with Crippen molar-refractivity contribution >= 4 is 6.71 Å². The minimum atomic E-state index is -1.10. The molecule has 0 saturated carbocycles. The van der Waals surface area contributed by atoms with Crippen molar-refractivity contribution in [2.45, 2.75) is 0 Å². The summed E-state index contributed by atoms with van der Waals surface area (Å²) < 4.78 is 0. The van der Waals surface area contributed by atoms with Crippen molar-refractivity contribution in [3.63, 3.8) is 0 Å². The molecule has 0 aliphatic carbocycles. The van der Waals surface area contributed by atoms with Gasteiger partial charge in [0.15, 0.2) is 0 Å². The highest BCUT2D eigenvalue weighted by Gasteiger charge is 2.08. The Kier molecular flexibility index (Phi) is 6.67. The van der Waals surface area contributed by atoms with Crippen LogP contribution in [0.25, 0.3) is 0 Å². The Labute approximate surface area is 47.6 Å². The van der Waals surface area contributed by atoms with Crippen LogP contribution in [-0.2, 0) is 0 Å². The van der Waals surface area contributed by atoms with E-state index in [1.807, 2.05) is 0 Å². The first-order valence-electron chi connectivity index (χ1n) is 1.54. The van der Waals surface area contributed by atoms with Gasteiger partial charge in [0.1, 0.15) is 0 Å². The number of nitriles is 3. The summed E-state index contributed by atoms with van der Waals surface area (Å²) in [5.41, 5.74) is 0. The van der Waals surface area contributed by atoms with E-state index in [9.17, 15) is 0 Å². The van der Waals surface area contributed by atoms with Crippen molar-refractivity contribution in [2.24, 2.45) is 0 Å². The van der Waals surface area contributed by atoms with Gasteiger partial charge in [0.2, 0.25) is 0 Å². The van der Waals surface area contributed by atoms with Crippen LogP contribution in [0.1, 0.15) is 0 Å². The van der Waals surface area contributed by atoms with E-state index in [1.54, 1.807) is 0 Å². The van der Waals surface area contributed by atoms with Crippen molar-refractivity contribution in [1.29, 1.82) is 15.8 Å². The van der Waals surface area contributed by atoms with Crippen LogP contribution in [0.2, 0.25) is 0 Å². The van der Waals surface area contributed by atoms with Crippen LogP contribution in [0.4, 0.5) is 0 Å². The Morgan fingerprint density at radius 2 is 1.12 bits per heavy atom. The molecule has 5 heteroatoms. The monoisotopic (exact) mass is 106 g/mol. The van der Waals surface area contributed by atoms with Crippen LogP contribution < -0.4 is 6.15 Å². The van der Waals surface area contributed by atoms with Crippen molar-refractivity contribution in [2.75, 3.05) is 0 Å². The normalized spacial score (nSPS) is 4.12. The van der Waals surface area contributed by atoms with Crippen molar-refractivity contribution in [3.05, 3.63) is 0 Å².